The zero-order chi connectivity index (χ0) is 6.69. The maximum Gasteiger partial charge on any atom is 0.198 e. The van der Waals surface area contributed by atoms with Crippen LogP contribution in [0.4, 0.5) is 0 Å². The van der Waals surface area contributed by atoms with Crippen LogP contribution in [0.3, 0.4) is 0 Å². The molecule has 0 amide bonds. The third kappa shape index (κ3) is 1.22. The maximum atomic E-state index is 6.90. The van der Waals surface area contributed by atoms with E-state index in [1.807, 2.05) is 0 Å². The van der Waals surface area contributed by atoms with Crippen molar-refractivity contribution in [2.24, 2.45) is 5.73 Å². The highest BCUT2D eigenvalue weighted by atomic mass is 14.9. The van der Waals surface area contributed by atoms with Gasteiger partial charge in [0.25, 0.3) is 0 Å². The average Bonchev–Trinajstić information content (AvgIpc) is 1.90. The van der Waals surface area contributed by atoms with Crippen LogP contribution in [0.25, 0.3) is 0 Å². The van der Waals surface area contributed by atoms with Crippen LogP contribution in [0.15, 0.2) is 12.3 Å². The SMILES string of the molecule is N=C(N)c1ccn[c]n1. The first kappa shape index (κ1) is 5.68. The summed E-state index contributed by atoms with van der Waals surface area (Å²) >= 11 is 0. The first-order valence-electron chi connectivity index (χ1n) is 2.34. The lowest BCUT2D eigenvalue weighted by molar-refractivity contribution is 1.12. The fraction of sp³-hybridized carbons (Fsp3) is 0. The summed E-state index contributed by atoms with van der Waals surface area (Å²) in [6, 6.07) is 1.55. The summed E-state index contributed by atoms with van der Waals surface area (Å²) in [5.74, 6) is -0.0614. The summed E-state index contributed by atoms with van der Waals surface area (Å²) in [6.07, 6.45) is 3.81. The van der Waals surface area contributed by atoms with E-state index in [1.165, 1.54) is 6.20 Å². The zero-order valence-corrected chi connectivity index (χ0v) is 4.63. The Morgan fingerprint density at radius 1 is 1.78 bits per heavy atom. The van der Waals surface area contributed by atoms with Gasteiger partial charge in [-0.2, -0.15) is 0 Å². The largest absolute Gasteiger partial charge is 0.382 e. The Hall–Kier alpha value is -1.45. The van der Waals surface area contributed by atoms with E-state index in [1.54, 1.807) is 6.07 Å². The van der Waals surface area contributed by atoms with E-state index in [0.29, 0.717) is 5.69 Å². The molecule has 45 valence electrons. The second kappa shape index (κ2) is 2.21. The number of nitrogens with one attached hydrogen (secondary N) is 1. The van der Waals surface area contributed by atoms with Gasteiger partial charge in [-0.25, -0.2) is 9.97 Å². The number of nitrogen functional groups attached to an aromatic ring is 1. The molecular formula is C5H5N4. The quantitative estimate of drug-likeness (QED) is 0.390. The van der Waals surface area contributed by atoms with Gasteiger partial charge in [0.1, 0.15) is 11.5 Å². The minimum Gasteiger partial charge on any atom is -0.382 e. The molecular weight excluding hydrogens is 116 g/mol. The molecule has 0 atom stereocenters. The summed E-state index contributed by atoms with van der Waals surface area (Å²) in [5, 5.41) is 6.90. The van der Waals surface area contributed by atoms with Gasteiger partial charge in [-0.05, 0) is 6.07 Å². The maximum absolute atomic E-state index is 6.90. The Bertz CT molecular complexity index is 205. The third-order valence-electron chi connectivity index (χ3n) is 0.811. The van der Waals surface area contributed by atoms with Gasteiger partial charge in [-0.1, -0.05) is 0 Å². The molecule has 0 aliphatic rings. The molecule has 0 aromatic carbocycles. The second-order valence-electron chi connectivity index (χ2n) is 1.46. The molecule has 0 spiro atoms. The van der Waals surface area contributed by atoms with Crippen molar-refractivity contribution >= 4 is 5.84 Å². The summed E-state index contributed by atoms with van der Waals surface area (Å²) in [7, 11) is 0. The molecule has 0 fully saturated rings. The molecule has 1 radical (unpaired) electrons. The average molecular weight is 121 g/mol. The van der Waals surface area contributed by atoms with Gasteiger partial charge in [0, 0.05) is 6.20 Å². The van der Waals surface area contributed by atoms with Crippen molar-refractivity contribution in [3.63, 3.8) is 0 Å². The van der Waals surface area contributed by atoms with E-state index in [2.05, 4.69) is 16.3 Å². The first-order chi connectivity index (χ1) is 4.30. The second-order valence-corrected chi connectivity index (χ2v) is 1.46. The summed E-state index contributed by atoms with van der Waals surface area (Å²) in [5.41, 5.74) is 5.49. The highest BCUT2D eigenvalue weighted by Gasteiger charge is 1.92. The van der Waals surface area contributed by atoms with Gasteiger partial charge in [-0.3, -0.25) is 5.41 Å². The van der Waals surface area contributed by atoms with Crippen molar-refractivity contribution in [2.45, 2.75) is 0 Å². The van der Waals surface area contributed by atoms with Crippen LogP contribution < -0.4 is 5.73 Å². The zero-order valence-electron chi connectivity index (χ0n) is 4.63. The molecule has 4 heteroatoms. The lowest BCUT2D eigenvalue weighted by atomic mass is 10.4. The van der Waals surface area contributed by atoms with E-state index in [9.17, 15) is 0 Å². The van der Waals surface area contributed by atoms with Gasteiger partial charge in [0.15, 0.2) is 6.33 Å². The molecule has 1 rings (SSSR count). The van der Waals surface area contributed by atoms with Crippen LogP contribution in [-0.4, -0.2) is 15.8 Å². The highest BCUT2D eigenvalue weighted by molar-refractivity contribution is 5.92. The molecule has 1 aromatic rings. The fourth-order valence-electron chi connectivity index (χ4n) is 0.411. The Morgan fingerprint density at radius 3 is 2.89 bits per heavy atom. The molecule has 1 aromatic heterocycles. The normalized spacial score (nSPS) is 8.89. The minimum absolute atomic E-state index is 0.0614. The van der Waals surface area contributed by atoms with Crippen molar-refractivity contribution in [1.82, 2.24) is 9.97 Å². The summed E-state index contributed by atoms with van der Waals surface area (Å²) < 4.78 is 0. The lowest BCUT2D eigenvalue weighted by Gasteiger charge is -1.90. The van der Waals surface area contributed by atoms with Crippen LogP contribution in [0.1, 0.15) is 5.69 Å². The predicted molar refractivity (Wildman–Crippen MR) is 31.9 cm³/mol. The molecule has 0 aliphatic carbocycles. The molecule has 3 N–H and O–H groups in total. The monoisotopic (exact) mass is 121 g/mol. The van der Waals surface area contributed by atoms with E-state index in [-0.39, 0.29) is 5.84 Å². The van der Waals surface area contributed by atoms with Gasteiger partial charge in [0.05, 0.1) is 0 Å². The van der Waals surface area contributed by atoms with Crippen molar-refractivity contribution in [3.05, 3.63) is 24.3 Å². The number of rotatable bonds is 1. The fourth-order valence-corrected chi connectivity index (χ4v) is 0.411. The lowest BCUT2D eigenvalue weighted by Crippen LogP contribution is -2.12. The van der Waals surface area contributed by atoms with Crippen LogP contribution in [0.2, 0.25) is 0 Å². The van der Waals surface area contributed by atoms with Gasteiger partial charge in [0.2, 0.25) is 0 Å². The molecule has 1 heterocycles. The number of nitrogens with two attached hydrogens (primary N) is 1. The van der Waals surface area contributed by atoms with E-state index < -0.39 is 0 Å². The molecule has 0 saturated carbocycles. The predicted octanol–water partition coefficient (Wildman–Crippen LogP) is -0.439. The molecule has 4 nitrogen and oxygen atoms in total. The summed E-state index contributed by atoms with van der Waals surface area (Å²) in [4.78, 5) is 7.13. The third-order valence-corrected chi connectivity index (χ3v) is 0.811. The number of hydrogen-bond donors (Lipinski definition) is 2. The molecule has 0 bridgehead atoms. The summed E-state index contributed by atoms with van der Waals surface area (Å²) in [6.45, 7) is 0. The van der Waals surface area contributed by atoms with Crippen molar-refractivity contribution in [1.29, 1.82) is 5.41 Å². The van der Waals surface area contributed by atoms with E-state index in [0.717, 1.165) is 0 Å². The van der Waals surface area contributed by atoms with Gasteiger partial charge < -0.3 is 5.73 Å². The van der Waals surface area contributed by atoms with Crippen LogP contribution >= 0.6 is 0 Å². The number of aromatic nitrogens is 2. The minimum atomic E-state index is -0.0614. The van der Waals surface area contributed by atoms with Crippen molar-refractivity contribution in [3.8, 4) is 0 Å². The smallest absolute Gasteiger partial charge is 0.198 e. The van der Waals surface area contributed by atoms with E-state index in [4.69, 9.17) is 11.1 Å². The van der Waals surface area contributed by atoms with E-state index >= 15 is 0 Å². The molecule has 0 aliphatic heterocycles. The molecule has 9 heavy (non-hydrogen) atoms. The molecule has 0 unspecified atom stereocenters. The standard InChI is InChI=1S/C5H5N4/c6-5(7)4-1-2-8-3-9-4/h1-2H,(H3,6,7). The molecule has 0 saturated heterocycles. The highest BCUT2D eigenvalue weighted by Crippen LogP contribution is 1.85. The van der Waals surface area contributed by atoms with Crippen LogP contribution in [-0.2, 0) is 0 Å². The Labute approximate surface area is 52.3 Å². The van der Waals surface area contributed by atoms with Gasteiger partial charge >= 0.3 is 0 Å². The Balaban J connectivity index is 2.98. The van der Waals surface area contributed by atoms with Crippen molar-refractivity contribution < 1.29 is 0 Å². The Morgan fingerprint density at radius 2 is 2.56 bits per heavy atom. The number of hydrogen-bond acceptors (Lipinski definition) is 3. The number of nitrogens with zero attached hydrogens (tertiary/aromatic N) is 2. The van der Waals surface area contributed by atoms with Crippen LogP contribution in [0.5, 0.6) is 0 Å². The number of amidine groups is 1. The van der Waals surface area contributed by atoms with Gasteiger partial charge in [-0.15, -0.1) is 0 Å². The Kier molecular flexibility index (Phi) is 1.40. The van der Waals surface area contributed by atoms with Crippen LogP contribution in [0, 0.1) is 11.7 Å². The van der Waals surface area contributed by atoms with Crippen molar-refractivity contribution in [2.75, 3.05) is 0 Å². The topological polar surface area (TPSA) is 75.7 Å². The first-order valence-corrected chi connectivity index (χ1v) is 2.34.